The van der Waals surface area contributed by atoms with E-state index in [9.17, 15) is 14.0 Å². The second kappa shape index (κ2) is 10.5. The SMILES string of the molecule is CC(C)C(NC(=O)c1ccccc1F)C(=O)NCCc1ccc(N)cc1.Cl. The molecule has 0 aromatic heterocycles. The molecular formula is C20H25ClFN3O2. The van der Waals surface area contributed by atoms with E-state index in [0.29, 0.717) is 18.7 Å². The first-order chi connectivity index (χ1) is 12.4. The quantitative estimate of drug-likeness (QED) is 0.632. The van der Waals surface area contributed by atoms with E-state index in [-0.39, 0.29) is 29.8 Å². The number of nitrogens with one attached hydrogen (secondary N) is 2. The first-order valence-corrected chi connectivity index (χ1v) is 8.56. The number of nitrogen functional groups attached to an aromatic ring is 1. The first kappa shape index (κ1) is 22.4. The highest BCUT2D eigenvalue weighted by molar-refractivity contribution is 5.97. The Morgan fingerprint density at radius 2 is 1.70 bits per heavy atom. The number of halogens is 2. The molecule has 5 nitrogen and oxygen atoms in total. The van der Waals surface area contributed by atoms with E-state index < -0.39 is 17.8 Å². The summed E-state index contributed by atoms with van der Waals surface area (Å²) in [6.07, 6.45) is 0.651. The smallest absolute Gasteiger partial charge is 0.254 e. The summed E-state index contributed by atoms with van der Waals surface area (Å²) in [4.78, 5) is 24.7. The van der Waals surface area contributed by atoms with Gasteiger partial charge in [-0.3, -0.25) is 9.59 Å². The molecule has 2 rings (SSSR count). The number of hydrogen-bond acceptors (Lipinski definition) is 3. The van der Waals surface area contributed by atoms with Gasteiger partial charge in [-0.2, -0.15) is 0 Å². The molecule has 0 saturated carbocycles. The Balaban J connectivity index is 0.00000364. The maximum Gasteiger partial charge on any atom is 0.254 e. The lowest BCUT2D eigenvalue weighted by Crippen LogP contribution is -2.50. The minimum Gasteiger partial charge on any atom is -0.399 e. The zero-order valence-corrected chi connectivity index (χ0v) is 16.2. The van der Waals surface area contributed by atoms with Crippen molar-refractivity contribution in [3.63, 3.8) is 0 Å². The third kappa shape index (κ3) is 6.57. The third-order valence-electron chi connectivity index (χ3n) is 4.05. The van der Waals surface area contributed by atoms with Crippen molar-refractivity contribution in [2.45, 2.75) is 26.3 Å². The summed E-state index contributed by atoms with van der Waals surface area (Å²) in [6, 6.07) is 12.4. The van der Waals surface area contributed by atoms with Gasteiger partial charge in [0.25, 0.3) is 5.91 Å². The zero-order chi connectivity index (χ0) is 19.1. The third-order valence-corrected chi connectivity index (χ3v) is 4.05. The fourth-order valence-electron chi connectivity index (χ4n) is 2.52. The van der Waals surface area contributed by atoms with E-state index in [2.05, 4.69) is 10.6 Å². The van der Waals surface area contributed by atoms with Crippen LogP contribution in [0.5, 0.6) is 0 Å². The van der Waals surface area contributed by atoms with E-state index in [1.165, 1.54) is 18.2 Å². The Bertz CT molecular complexity index is 766. The highest BCUT2D eigenvalue weighted by Gasteiger charge is 2.25. The molecule has 0 heterocycles. The van der Waals surface area contributed by atoms with Gasteiger partial charge in [0.2, 0.25) is 5.91 Å². The van der Waals surface area contributed by atoms with Crippen LogP contribution in [-0.2, 0) is 11.2 Å². The maximum atomic E-state index is 13.7. The average Bonchev–Trinajstić information content (AvgIpc) is 2.61. The van der Waals surface area contributed by atoms with Crippen molar-refractivity contribution in [3.05, 3.63) is 65.5 Å². The van der Waals surface area contributed by atoms with Gasteiger partial charge in [0.1, 0.15) is 11.9 Å². The van der Waals surface area contributed by atoms with Gasteiger partial charge in [-0.25, -0.2) is 4.39 Å². The molecule has 0 aliphatic rings. The molecule has 146 valence electrons. The molecule has 1 unspecified atom stereocenters. The molecule has 0 saturated heterocycles. The van der Waals surface area contributed by atoms with Crippen LogP contribution in [0.25, 0.3) is 0 Å². The van der Waals surface area contributed by atoms with Gasteiger partial charge in [-0.1, -0.05) is 38.1 Å². The summed E-state index contributed by atoms with van der Waals surface area (Å²) in [5, 5.41) is 5.44. The molecule has 0 bridgehead atoms. The molecule has 2 aromatic rings. The highest BCUT2D eigenvalue weighted by atomic mass is 35.5. The summed E-state index contributed by atoms with van der Waals surface area (Å²) >= 11 is 0. The molecule has 4 N–H and O–H groups in total. The van der Waals surface area contributed by atoms with Crippen molar-refractivity contribution in [1.82, 2.24) is 10.6 Å². The Kier molecular flexibility index (Phi) is 8.75. The number of hydrogen-bond donors (Lipinski definition) is 3. The van der Waals surface area contributed by atoms with Crippen molar-refractivity contribution >= 4 is 29.9 Å². The van der Waals surface area contributed by atoms with Crippen LogP contribution in [0.15, 0.2) is 48.5 Å². The van der Waals surface area contributed by atoms with Gasteiger partial charge in [0, 0.05) is 12.2 Å². The van der Waals surface area contributed by atoms with E-state index in [4.69, 9.17) is 5.73 Å². The zero-order valence-electron chi connectivity index (χ0n) is 15.4. The van der Waals surface area contributed by atoms with Crippen molar-refractivity contribution < 1.29 is 14.0 Å². The lowest BCUT2D eigenvalue weighted by atomic mass is 10.0. The lowest BCUT2D eigenvalue weighted by molar-refractivity contribution is -0.123. The largest absolute Gasteiger partial charge is 0.399 e. The predicted molar refractivity (Wildman–Crippen MR) is 107 cm³/mol. The summed E-state index contributed by atoms with van der Waals surface area (Å²) in [5.41, 5.74) is 7.31. The number of carbonyl (C=O) groups excluding carboxylic acids is 2. The average molecular weight is 394 g/mol. The fraction of sp³-hybridized carbons (Fsp3) is 0.300. The molecule has 0 fully saturated rings. The van der Waals surface area contributed by atoms with Gasteiger partial charge < -0.3 is 16.4 Å². The minimum atomic E-state index is -0.742. The molecule has 2 amide bonds. The Morgan fingerprint density at radius 1 is 1.07 bits per heavy atom. The summed E-state index contributed by atoms with van der Waals surface area (Å²) < 4.78 is 13.7. The molecule has 0 aliphatic carbocycles. The molecule has 0 spiro atoms. The molecule has 0 aliphatic heterocycles. The summed E-state index contributed by atoms with van der Waals surface area (Å²) in [6.45, 7) is 4.08. The second-order valence-corrected chi connectivity index (χ2v) is 6.46. The van der Waals surface area contributed by atoms with E-state index in [1.54, 1.807) is 6.07 Å². The van der Waals surface area contributed by atoms with Crippen LogP contribution < -0.4 is 16.4 Å². The van der Waals surface area contributed by atoms with E-state index in [1.807, 2.05) is 38.1 Å². The number of benzene rings is 2. The highest BCUT2D eigenvalue weighted by Crippen LogP contribution is 2.09. The summed E-state index contributed by atoms with van der Waals surface area (Å²) in [5.74, 6) is -1.64. The van der Waals surface area contributed by atoms with Crippen molar-refractivity contribution in [2.75, 3.05) is 12.3 Å². The number of anilines is 1. The van der Waals surface area contributed by atoms with Crippen LogP contribution in [0.1, 0.15) is 29.8 Å². The van der Waals surface area contributed by atoms with Crippen LogP contribution in [0.4, 0.5) is 10.1 Å². The molecule has 1 atom stereocenters. The van der Waals surface area contributed by atoms with Crippen LogP contribution in [-0.4, -0.2) is 24.4 Å². The Morgan fingerprint density at radius 3 is 2.30 bits per heavy atom. The minimum absolute atomic E-state index is 0. The van der Waals surface area contributed by atoms with Gasteiger partial charge in [-0.15, -0.1) is 12.4 Å². The fourth-order valence-corrected chi connectivity index (χ4v) is 2.52. The number of carbonyl (C=O) groups is 2. The Labute approximate surface area is 164 Å². The van der Waals surface area contributed by atoms with Gasteiger partial charge >= 0.3 is 0 Å². The molecule has 0 radical (unpaired) electrons. The predicted octanol–water partition coefficient (Wildman–Crippen LogP) is 2.94. The van der Waals surface area contributed by atoms with Gasteiger partial charge in [0.05, 0.1) is 5.56 Å². The van der Waals surface area contributed by atoms with E-state index >= 15 is 0 Å². The first-order valence-electron chi connectivity index (χ1n) is 8.56. The number of nitrogens with two attached hydrogens (primary N) is 1. The van der Waals surface area contributed by atoms with Crippen LogP contribution in [0, 0.1) is 11.7 Å². The van der Waals surface area contributed by atoms with Crippen molar-refractivity contribution in [1.29, 1.82) is 0 Å². The molecule has 27 heavy (non-hydrogen) atoms. The van der Waals surface area contributed by atoms with Crippen LogP contribution in [0.3, 0.4) is 0 Å². The van der Waals surface area contributed by atoms with Gasteiger partial charge in [0.15, 0.2) is 0 Å². The van der Waals surface area contributed by atoms with Crippen LogP contribution >= 0.6 is 12.4 Å². The van der Waals surface area contributed by atoms with E-state index in [0.717, 1.165) is 5.56 Å². The van der Waals surface area contributed by atoms with Crippen LogP contribution in [0.2, 0.25) is 0 Å². The topological polar surface area (TPSA) is 84.2 Å². The van der Waals surface area contributed by atoms with Crippen molar-refractivity contribution in [2.24, 2.45) is 5.92 Å². The Hall–Kier alpha value is -2.60. The maximum absolute atomic E-state index is 13.7. The molecule has 2 aromatic carbocycles. The monoisotopic (exact) mass is 393 g/mol. The number of rotatable bonds is 7. The number of amides is 2. The molecule has 7 heteroatoms. The lowest BCUT2D eigenvalue weighted by Gasteiger charge is -2.22. The van der Waals surface area contributed by atoms with Gasteiger partial charge in [-0.05, 0) is 42.2 Å². The summed E-state index contributed by atoms with van der Waals surface area (Å²) in [7, 11) is 0. The van der Waals surface area contributed by atoms with Crippen molar-refractivity contribution in [3.8, 4) is 0 Å². The normalized spacial score (nSPS) is 11.4. The second-order valence-electron chi connectivity index (χ2n) is 6.46. The standard InChI is InChI=1S/C20H24FN3O2.ClH/c1-13(2)18(24-19(25)16-5-3-4-6-17(16)21)20(26)23-12-11-14-7-9-15(22)10-8-14;/h3-10,13,18H,11-12,22H2,1-2H3,(H,23,26)(H,24,25);1H. The molecular weight excluding hydrogens is 369 g/mol.